The van der Waals surface area contributed by atoms with E-state index >= 15 is 0 Å². The third-order valence-corrected chi connectivity index (χ3v) is 1.02. The van der Waals surface area contributed by atoms with Gasteiger partial charge in [0.1, 0.15) is 0 Å². The predicted molar refractivity (Wildman–Crippen MR) is 33.5 cm³/mol. The molecule has 1 aromatic heterocycles. The van der Waals surface area contributed by atoms with E-state index in [1.165, 1.54) is 18.5 Å². The van der Waals surface area contributed by atoms with Crippen LogP contribution in [0.2, 0.25) is 0 Å². The molecule has 1 aromatic rings. The molecule has 0 saturated carbocycles. The van der Waals surface area contributed by atoms with Crippen molar-refractivity contribution >= 4 is 17.6 Å². The molecule has 0 bridgehead atoms. The number of hydrogen-bond acceptors (Lipinski definition) is 1. The third-order valence-electron chi connectivity index (χ3n) is 0.861. The first-order valence-corrected chi connectivity index (χ1v) is 2.80. The molecule has 0 saturated heterocycles. The zero-order chi connectivity index (χ0) is 7.56. The quantitative estimate of drug-likeness (QED) is 0.622. The van der Waals surface area contributed by atoms with Gasteiger partial charge >= 0.3 is 0 Å². The van der Waals surface area contributed by atoms with Crippen LogP contribution in [0.15, 0.2) is 23.7 Å². The van der Waals surface area contributed by atoms with Gasteiger partial charge in [0.25, 0.3) is 5.95 Å². The Morgan fingerprint density at radius 1 is 1.50 bits per heavy atom. The Balaban J connectivity index is 2.99. The average Bonchev–Trinajstić information content (AvgIpc) is 2.36. The summed E-state index contributed by atoms with van der Waals surface area (Å²) >= 11 is 4.70. The second-order valence-electron chi connectivity index (χ2n) is 1.50. The van der Waals surface area contributed by atoms with Crippen LogP contribution in [0.3, 0.4) is 0 Å². The zero-order valence-corrected chi connectivity index (χ0v) is 5.52. The highest BCUT2D eigenvalue weighted by Crippen LogP contribution is 2.15. The number of nitrogens with zero attached hydrogens (tertiary/aromatic N) is 2. The molecule has 2 nitrogen and oxygen atoms in total. The number of halogens is 3. The summed E-state index contributed by atoms with van der Waals surface area (Å²) < 4.78 is 24.9. The summed E-state index contributed by atoms with van der Waals surface area (Å²) in [5.41, 5.74) is 0. The predicted octanol–water partition coefficient (Wildman–Crippen LogP) is 2.14. The molecule has 0 N–H and O–H groups in total. The second kappa shape index (κ2) is 2.79. The van der Waals surface area contributed by atoms with E-state index in [4.69, 9.17) is 11.6 Å². The van der Waals surface area contributed by atoms with Crippen molar-refractivity contribution in [2.45, 2.75) is 0 Å². The van der Waals surface area contributed by atoms with Crippen LogP contribution in [0, 0.1) is 0 Å². The topological polar surface area (TPSA) is 17.8 Å². The molecular weight excluding hydrogens is 162 g/mol. The molecule has 0 aliphatic carbocycles. The molecule has 1 heterocycles. The van der Waals surface area contributed by atoms with Crippen molar-refractivity contribution in [3.63, 3.8) is 0 Å². The molecule has 0 radical (unpaired) electrons. The molecule has 0 unspecified atom stereocenters. The van der Waals surface area contributed by atoms with E-state index in [0.717, 1.165) is 0 Å². The number of aromatic nitrogens is 2. The van der Waals surface area contributed by atoms with Gasteiger partial charge in [-0.05, 0) is 17.7 Å². The maximum absolute atomic E-state index is 12.4. The Kier molecular flexibility index (Phi) is 2.01. The monoisotopic (exact) mass is 164 g/mol. The fourth-order valence-corrected chi connectivity index (χ4v) is 0.558. The Hall–Kier alpha value is -0.900. The molecule has 5 heteroatoms. The number of rotatable bonds is 1. The lowest BCUT2D eigenvalue weighted by Gasteiger charge is -1.92. The molecular formula is C5H3ClF2N2. The first kappa shape index (κ1) is 7.21. The van der Waals surface area contributed by atoms with Crippen molar-refractivity contribution in [1.82, 2.24) is 9.78 Å². The molecule has 0 aliphatic rings. The van der Waals surface area contributed by atoms with Crippen LogP contribution in [0.4, 0.5) is 8.78 Å². The summed E-state index contributed by atoms with van der Waals surface area (Å²) in [4.78, 5) is 0. The van der Waals surface area contributed by atoms with Gasteiger partial charge in [-0.3, -0.25) is 0 Å². The molecule has 0 aliphatic heterocycles. The third kappa shape index (κ3) is 1.33. The van der Waals surface area contributed by atoms with Gasteiger partial charge in [-0.1, -0.05) is 0 Å². The van der Waals surface area contributed by atoms with Crippen LogP contribution in [0.25, 0.3) is 5.95 Å². The minimum Gasteiger partial charge on any atom is -0.211 e. The molecule has 10 heavy (non-hydrogen) atoms. The van der Waals surface area contributed by atoms with Crippen LogP contribution in [0.1, 0.15) is 0 Å². The van der Waals surface area contributed by atoms with Crippen LogP contribution in [-0.4, -0.2) is 9.78 Å². The second-order valence-corrected chi connectivity index (χ2v) is 1.83. The largest absolute Gasteiger partial charge is 0.262 e. The van der Waals surface area contributed by atoms with Crippen molar-refractivity contribution in [3.8, 4) is 0 Å². The lowest BCUT2D eigenvalue weighted by Crippen LogP contribution is -1.92. The fourth-order valence-electron chi connectivity index (χ4n) is 0.472. The van der Waals surface area contributed by atoms with E-state index in [1.54, 1.807) is 0 Å². The molecule has 0 aromatic carbocycles. The van der Waals surface area contributed by atoms with Gasteiger partial charge in [0.15, 0.2) is 0 Å². The van der Waals surface area contributed by atoms with Gasteiger partial charge in [-0.15, -0.1) is 0 Å². The van der Waals surface area contributed by atoms with E-state index in [0.29, 0.717) is 4.68 Å². The Bertz CT molecular complexity index is 238. The number of hydrogen-bond donors (Lipinski definition) is 0. The fraction of sp³-hybridized carbons (Fsp3) is 0. The normalized spacial score (nSPS) is 13.1. The summed E-state index contributed by atoms with van der Waals surface area (Å²) in [7, 11) is 0. The molecule has 0 atom stereocenters. The lowest BCUT2D eigenvalue weighted by atomic mass is 10.7. The smallest absolute Gasteiger partial charge is 0.211 e. The van der Waals surface area contributed by atoms with Gasteiger partial charge in [-0.25, -0.2) is 4.68 Å². The molecule has 0 spiro atoms. The average molecular weight is 165 g/mol. The summed E-state index contributed by atoms with van der Waals surface area (Å²) in [6.07, 6.45) is 2.57. The lowest BCUT2D eigenvalue weighted by molar-refractivity contribution is 0.593. The minimum atomic E-state index is -1.40. The van der Waals surface area contributed by atoms with Crippen molar-refractivity contribution < 1.29 is 8.78 Å². The maximum atomic E-state index is 12.4. The van der Waals surface area contributed by atoms with Crippen molar-refractivity contribution in [1.29, 1.82) is 0 Å². The summed E-state index contributed by atoms with van der Waals surface area (Å²) in [5.74, 6) is -1.20. The summed E-state index contributed by atoms with van der Waals surface area (Å²) in [6, 6.07) is 1.46. The Morgan fingerprint density at radius 2 is 2.20 bits per heavy atom. The first-order chi connectivity index (χ1) is 4.72. The summed E-state index contributed by atoms with van der Waals surface area (Å²) in [5, 5.41) is 2.00. The Morgan fingerprint density at radius 3 is 2.60 bits per heavy atom. The van der Waals surface area contributed by atoms with Crippen LogP contribution >= 0.6 is 11.6 Å². The SMILES string of the molecule is FC(Cl)=C(F)n1cccn1. The van der Waals surface area contributed by atoms with Gasteiger partial charge in [-0.2, -0.15) is 13.9 Å². The van der Waals surface area contributed by atoms with Crippen LogP contribution < -0.4 is 0 Å². The van der Waals surface area contributed by atoms with E-state index < -0.39 is 11.2 Å². The zero-order valence-electron chi connectivity index (χ0n) is 4.76. The summed E-state index contributed by atoms with van der Waals surface area (Å²) in [6.45, 7) is 0. The molecule has 0 amide bonds. The van der Waals surface area contributed by atoms with E-state index in [2.05, 4.69) is 5.10 Å². The van der Waals surface area contributed by atoms with E-state index in [9.17, 15) is 8.78 Å². The highest BCUT2D eigenvalue weighted by atomic mass is 35.5. The first-order valence-electron chi connectivity index (χ1n) is 2.42. The highest BCUT2D eigenvalue weighted by Gasteiger charge is 2.03. The standard InChI is InChI=1S/C5H3ClF2N2/c6-4(7)5(8)10-3-1-2-9-10/h1-3H. The van der Waals surface area contributed by atoms with Gasteiger partial charge in [0, 0.05) is 12.4 Å². The van der Waals surface area contributed by atoms with Crippen molar-refractivity contribution in [3.05, 3.63) is 23.7 Å². The molecule has 54 valence electrons. The van der Waals surface area contributed by atoms with Crippen molar-refractivity contribution in [2.24, 2.45) is 0 Å². The van der Waals surface area contributed by atoms with E-state index in [-0.39, 0.29) is 0 Å². The van der Waals surface area contributed by atoms with E-state index in [1.807, 2.05) is 0 Å². The van der Waals surface area contributed by atoms with Crippen molar-refractivity contribution in [2.75, 3.05) is 0 Å². The van der Waals surface area contributed by atoms with Gasteiger partial charge in [0.2, 0.25) is 5.29 Å². The van der Waals surface area contributed by atoms with Gasteiger partial charge < -0.3 is 0 Å². The minimum absolute atomic E-state index is 0.697. The highest BCUT2D eigenvalue weighted by molar-refractivity contribution is 6.30. The van der Waals surface area contributed by atoms with Gasteiger partial charge in [0.05, 0.1) is 0 Å². The molecule has 1 rings (SSSR count). The van der Waals surface area contributed by atoms with Crippen LogP contribution in [-0.2, 0) is 0 Å². The Labute approximate surface area is 60.7 Å². The molecule has 0 fully saturated rings. The maximum Gasteiger partial charge on any atom is 0.262 e. The van der Waals surface area contributed by atoms with Crippen LogP contribution in [0.5, 0.6) is 0 Å².